The molecule has 2 N–H and O–H groups in total. The molecule has 1 fully saturated rings. The van der Waals surface area contributed by atoms with Crippen LogP contribution in [-0.4, -0.2) is 27.9 Å². The average molecular weight is 461 g/mol. The van der Waals surface area contributed by atoms with Crippen molar-refractivity contribution in [2.45, 2.75) is 62.8 Å². The highest BCUT2D eigenvalue weighted by Crippen LogP contribution is 2.44. The summed E-state index contributed by atoms with van der Waals surface area (Å²) >= 11 is 12.0. The van der Waals surface area contributed by atoms with Gasteiger partial charge in [0.05, 0.1) is 16.1 Å². The topological polar surface area (TPSA) is 59.0 Å². The number of halogens is 5. The van der Waals surface area contributed by atoms with Gasteiger partial charge >= 0.3 is 6.18 Å². The van der Waals surface area contributed by atoms with Crippen LogP contribution in [0.3, 0.4) is 0 Å². The lowest BCUT2D eigenvalue weighted by Gasteiger charge is -2.33. The zero-order valence-corrected chi connectivity index (χ0v) is 17.5. The van der Waals surface area contributed by atoms with Crippen LogP contribution in [0.1, 0.15) is 66.7 Å². The maximum atomic E-state index is 13.8. The first-order valence-electron chi connectivity index (χ1n) is 9.91. The standard InChI is InChI=1S/C20H21Cl2F3N4O/c21-13-7-6-11(8-14(13)22)15-9-17(20(23,24)25)29-18(27-15)10-16(28-29)19(30)26-12-4-2-1-3-5-12/h6-8,10,12,15,17,27H,1-5,9H2,(H,26,30)/t15-,17+/m0/s1. The molecule has 5 nitrogen and oxygen atoms in total. The zero-order valence-electron chi connectivity index (χ0n) is 16.0. The number of nitrogens with one attached hydrogen (secondary N) is 2. The maximum absolute atomic E-state index is 13.8. The van der Waals surface area contributed by atoms with E-state index in [9.17, 15) is 18.0 Å². The number of hydrogen-bond acceptors (Lipinski definition) is 3. The first-order chi connectivity index (χ1) is 14.2. The van der Waals surface area contributed by atoms with Crippen LogP contribution in [0.4, 0.5) is 19.0 Å². The van der Waals surface area contributed by atoms with E-state index in [1.54, 1.807) is 18.2 Å². The fourth-order valence-electron chi connectivity index (χ4n) is 4.14. The quantitative estimate of drug-likeness (QED) is 0.598. The highest BCUT2D eigenvalue weighted by atomic mass is 35.5. The molecule has 0 unspecified atom stereocenters. The van der Waals surface area contributed by atoms with Crippen LogP contribution in [0.15, 0.2) is 24.3 Å². The normalized spacial score (nSPS) is 22.3. The van der Waals surface area contributed by atoms with Gasteiger partial charge in [0, 0.05) is 18.5 Å². The second-order valence-electron chi connectivity index (χ2n) is 7.83. The third-order valence-corrected chi connectivity index (χ3v) is 6.45. The minimum absolute atomic E-state index is 0.0212. The molecule has 2 aliphatic rings. The van der Waals surface area contributed by atoms with Gasteiger partial charge in [0.1, 0.15) is 5.82 Å². The summed E-state index contributed by atoms with van der Waals surface area (Å²) in [6, 6.07) is 3.66. The molecule has 1 aliphatic heterocycles. The summed E-state index contributed by atoms with van der Waals surface area (Å²) in [7, 11) is 0. The van der Waals surface area contributed by atoms with Gasteiger partial charge in [-0.1, -0.05) is 48.5 Å². The minimum atomic E-state index is -4.52. The Morgan fingerprint density at radius 1 is 1.13 bits per heavy atom. The Kier molecular flexibility index (Phi) is 5.90. The number of alkyl halides is 3. The molecule has 2 atom stereocenters. The maximum Gasteiger partial charge on any atom is 0.410 e. The van der Waals surface area contributed by atoms with E-state index < -0.39 is 24.2 Å². The summed E-state index contributed by atoms with van der Waals surface area (Å²) in [6.07, 6.45) is 0.165. The number of benzene rings is 1. The van der Waals surface area contributed by atoms with Crippen LogP contribution in [0.2, 0.25) is 10.0 Å². The third-order valence-electron chi connectivity index (χ3n) is 5.71. The smallest absolute Gasteiger partial charge is 0.363 e. The molecule has 2 heterocycles. The van der Waals surface area contributed by atoms with Gasteiger partial charge in [-0.2, -0.15) is 18.3 Å². The number of fused-ring (bicyclic) bond motifs is 1. The fourth-order valence-corrected chi connectivity index (χ4v) is 4.44. The van der Waals surface area contributed by atoms with E-state index in [1.807, 2.05) is 0 Å². The number of nitrogens with zero attached hydrogens (tertiary/aromatic N) is 2. The number of amides is 1. The molecule has 1 aromatic carbocycles. The van der Waals surface area contributed by atoms with Gasteiger partial charge in [-0.05, 0) is 30.5 Å². The molecule has 0 saturated heterocycles. The van der Waals surface area contributed by atoms with Gasteiger partial charge in [-0.15, -0.1) is 0 Å². The monoisotopic (exact) mass is 460 g/mol. The molecule has 2 aromatic rings. The molecule has 0 radical (unpaired) electrons. The third kappa shape index (κ3) is 4.39. The van der Waals surface area contributed by atoms with Crippen LogP contribution in [0, 0.1) is 0 Å². The minimum Gasteiger partial charge on any atom is -0.363 e. The Bertz CT molecular complexity index is 941. The zero-order chi connectivity index (χ0) is 21.5. The van der Waals surface area contributed by atoms with E-state index >= 15 is 0 Å². The van der Waals surface area contributed by atoms with E-state index in [1.165, 1.54) is 6.07 Å². The molecule has 10 heteroatoms. The number of rotatable bonds is 3. The Labute approximate surface area is 181 Å². The van der Waals surface area contributed by atoms with E-state index in [-0.39, 0.29) is 29.0 Å². The number of aromatic nitrogens is 2. The molecular weight excluding hydrogens is 440 g/mol. The molecular formula is C20H21Cl2F3N4O. The molecule has 0 spiro atoms. The second-order valence-corrected chi connectivity index (χ2v) is 8.65. The van der Waals surface area contributed by atoms with E-state index in [0.29, 0.717) is 10.6 Å². The Balaban J connectivity index is 1.61. The first-order valence-corrected chi connectivity index (χ1v) is 10.7. The molecule has 1 aliphatic carbocycles. The summed E-state index contributed by atoms with van der Waals surface area (Å²) < 4.78 is 42.3. The summed E-state index contributed by atoms with van der Waals surface area (Å²) in [5.74, 6) is -0.300. The Morgan fingerprint density at radius 2 is 1.87 bits per heavy atom. The number of hydrogen-bond donors (Lipinski definition) is 2. The van der Waals surface area contributed by atoms with Crippen LogP contribution < -0.4 is 10.6 Å². The van der Waals surface area contributed by atoms with Crippen molar-refractivity contribution in [1.82, 2.24) is 15.1 Å². The van der Waals surface area contributed by atoms with Gasteiger partial charge < -0.3 is 10.6 Å². The summed E-state index contributed by atoms with van der Waals surface area (Å²) in [5, 5.41) is 10.6. The van der Waals surface area contributed by atoms with Crippen molar-refractivity contribution in [3.05, 3.63) is 45.6 Å². The second kappa shape index (κ2) is 8.30. The Hall–Kier alpha value is -1.93. The molecule has 1 amide bonds. The van der Waals surface area contributed by atoms with Gasteiger partial charge in [-0.3, -0.25) is 4.79 Å². The van der Waals surface area contributed by atoms with Crippen molar-refractivity contribution in [2.75, 3.05) is 5.32 Å². The fraction of sp³-hybridized carbons (Fsp3) is 0.500. The largest absolute Gasteiger partial charge is 0.410 e. The van der Waals surface area contributed by atoms with Crippen molar-refractivity contribution in [3.63, 3.8) is 0 Å². The van der Waals surface area contributed by atoms with E-state index in [4.69, 9.17) is 23.2 Å². The Morgan fingerprint density at radius 3 is 2.53 bits per heavy atom. The van der Waals surface area contributed by atoms with Crippen molar-refractivity contribution in [2.24, 2.45) is 0 Å². The number of carbonyl (C=O) groups is 1. The SMILES string of the molecule is O=C(NC1CCCCC1)c1cc2n(n1)[C@@H](C(F)(F)F)C[C@@H](c1ccc(Cl)c(Cl)c1)N2. The van der Waals surface area contributed by atoms with Gasteiger partial charge in [0.2, 0.25) is 0 Å². The number of anilines is 1. The highest BCUT2D eigenvalue weighted by molar-refractivity contribution is 6.42. The lowest BCUT2D eigenvalue weighted by molar-refractivity contribution is -0.173. The number of carbonyl (C=O) groups excluding carboxylic acids is 1. The summed E-state index contributed by atoms with van der Waals surface area (Å²) in [6.45, 7) is 0. The molecule has 0 bridgehead atoms. The molecule has 1 aromatic heterocycles. The summed E-state index contributed by atoms with van der Waals surface area (Å²) in [5.41, 5.74) is 0.561. The molecule has 30 heavy (non-hydrogen) atoms. The highest BCUT2D eigenvalue weighted by Gasteiger charge is 2.47. The lowest BCUT2D eigenvalue weighted by Crippen LogP contribution is -2.37. The van der Waals surface area contributed by atoms with Gasteiger partial charge in [0.15, 0.2) is 11.7 Å². The van der Waals surface area contributed by atoms with Crippen molar-refractivity contribution in [1.29, 1.82) is 0 Å². The van der Waals surface area contributed by atoms with Gasteiger partial charge in [-0.25, -0.2) is 4.68 Å². The molecule has 1 saturated carbocycles. The lowest BCUT2D eigenvalue weighted by atomic mass is 9.95. The predicted octanol–water partition coefficient (Wildman–Crippen LogP) is 5.91. The van der Waals surface area contributed by atoms with Crippen molar-refractivity contribution < 1.29 is 18.0 Å². The van der Waals surface area contributed by atoms with E-state index in [0.717, 1.165) is 36.8 Å². The van der Waals surface area contributed by atoms with Crippen molar-refractivity contribution >= 4 is 34.9 Å². The van der Waals surface area contributed by atoms with Crippen LogP contribution in [-0.2, 0) is 0 Å². The first kappa shape index (κ1) is 21.3. The van der Waals surface area contributed by atoms with Crippen molar-refractivity contribution in [3.8, 4) is 0 Å². The van der Waals surface area contributed by atoms with Crippen LogP contribution in [0.5, 0.6) is 0 Å². The molecule has 4 rings (SSSR count). The average Bonchev–Trinajstić information content (AvgIpc) is 3.13. The van der Waals surface area contributed by atoms with Gasteiger partial charge in [0.25, 0.3) is 5.91 Å². The van der Waals surface area contributed by atoms with Crippen LogP contribution >= 0.6 is 23.2 Å². The van der Waals surface area contributed by atoms with E-state index in [2.05, 4.69) is 15.7 Å². The van der Waals surface area contributed by atoms with Crippen LogP contribution in [0.25, 0.3) is 0 Å². The predicted molar refractivity (Wildman–Crippen MR) is 109 cm³/mol. The molecule has 162 valence electrons. The summed E-state index contributed by atoms with van der Waals surface area (Å²) in [4.78, 5) is 12.6.